The van der Waals surface area contributed by atoms with Gasteiger partial charge in [0.05, 0.1) is 13.2 Å². The summed E-state index contributed by atoms with van der Waals surface area (Å²) in [5.74, 6) is -0.818. The lowest BCUT2D eigenvalue weighted by molar-refractivity contribution is -0.144. The number of benzene rings is 2. The average Bonchev–Trinajstić information content (AvgIpc) is 2.66. The van der Waals surface area contributed by atoms with E-state index in [-0.39, 0.29) is 24.2 Å². The summed E-state index contributed by atoms with van der Waals surface area (Å²) in [4.78, 5) is 22.8. The van der Waals surface area contributed by atoms with E-state index in [2.05, 4.69) is 0 Å². The Morgan fingerprint density at radius 3 is 1.85 bits per heavy atom. The number of ether oxygens (including phenoxy) is 2. The first-order valence-electron chi connectivity index (χ1n) is 9.22. The van der Waals surface area contributed by atoms with Crippen molar-refractivity contribution >= 4 is 11.9 Å². The highest BCUT2D eigenvalue weighted by atomic mass is 19.1. The molecular formula is C22H25FO4. The van der Waals surface area contributed by atoms with Crippen molar-refractivity contribution < 1.29 is 23.5 Å². The lowest BCUT2D eigenvalue weighted by Gasteiger charge is -2.08. The maximum atomic E-state index is 14.5. The molecule has 0 spiro atoms. The number of hydrogen-bond acceptors (Lipinski definition) is 4. The fourth-order valence-electron chi connectivity index (χ4n) is 2.76. The summed E-state index contributed by atoms with van der Waals surface area (Å²) in [7, 11) is 0. The van der Waals surface area contributed by atoms with Gasteiger partial charge in [0, 0.05) is 18.4 Å². The van der Waals surface area contributed by atoms with E-state index in [9.17, 15) is 14.0 Å². The molecule has 0 aliphatic heterocycles. The van der Waals surface area contributed by atoms with Gasteiger partial charge in [-0.05, 0) is 49.4 Å². The van der Waals surface area contributed by atoms with Gasteiger partial charge in [0.1, 0.15) is 5.82 Å². The molecule has 5 heteroatoms. The van der Waals surface area contributed by atoms with Crippen LogP contribution < -0.4 is 0 Å². The van der Waals surface area contributed by atoms with Gasteiger partial charge in [-0.2, -0.15) is 0 Å². The van der Waals surface area contributed by atoms with E-state index < -0.39 is 0 Å². The first-order valence-corrected chi connectivity index (χ1v) is 9.22. The Balaban J connectivity index is 1.99. The van der Waals surface area contributed by atoms with Crippen LogP contribution in [0.15, 0.2) is 42.5 Å². The fraction of sp³-hybridized carbons (Fsp3) is 0.364. The zero-order valence-corrected chi connectivity index (χ0v) is 15.8. The maximum Gasteiger partial charge on any atom is 0.306 e. The molecular weight excluding hydrogens is 347 g/mol. The van der Waals surface area contributed by atoms with Gasteiger partial charge in [-0.15, -0.1) is 0 Å². The Labute approximate surface area is 159 Å². The van der Waals surface area contributed by atoms with Crippen LogP contribution in [0, 0.1) is 5.82 Å². The number of rotatable bonds is 9. The lowest BCUT2D eigenvalue weighted by atomic mass is 9.99. The summed E-state index contributed by atoms with van der Waals surface area (Å²) in [5.41, 5.74) is 3.03. The molecule has 27 heavy (non-hydrogen) atoms. The molecule has 0 bridgehead atoms. The number of carbonyl (C=O) groups is 2. The van der Waals surface area contributed by atoms with Crippen molar-refractivity contribution in [2.75, 3.05) is 13.2 Å². The SMILES string of the molecule is CCOC(=O)CCc1ccc(-c2ccc(CCC(=O)OCC)cc2F)cc1. The number of halogens is 1. The molecule has 0 saturated heterocycles. The van der Waals surface area contributed by atoms with Crippen LogP contribution in [0.2, 0.25) is 0 Å². The molecule has 144 valence electrons. The minimum Gasteiger partial charge on any atom is -0.466 e. The third-order valence-corrected chi connectivity index (χ3v) is 4.14. The third kappa shape index (κ3) is 6.51. The number of hydrogen-bond donors (Lipinski definition) is 0. The molecule has 0 amide bonds. The Bertz CT molecular complexity index is 768. The highest BCUT2D eigenvalue weighted by Gasteiger charge is 2.09. The van der Waals surface area contributed by atoms with E-state index in [1.165, 1.54) is 6.07 Å². The molecule has 0 N–H and O–H groups in total. The van der Waals surface area contributed by atoms with Gasteiger partial charge in [-0.1, -0.05) is 36.4 Å². The van der Waals surface area contributed by atoms with E-state index in [1.54, 1.807) is 19.9 Å². The standard InChI is InChI=1S/C22H25FO4/c1-3-26-21(24)13-8-16-5-10-18(11-6-16)19-12-7-17(15-20(19)23)9-14-22(25)27-4-2/h5-7,10-12,15H,3-4,8-9,13-14H2,1-2H3. The quantitative estimate of drug-likeness (QED) is 0.609. The van der Waals surface area contributed by atoms with Crippen molar-refractivity contribution in [2.24, 2.45) is 0 Å². The summed E-state index contributed by atoms with van der Waals surface area (Å²) in [6.45, 7) is 4.27. The van der Waals surface area contributed by atoms with E-state index in [4.69, 9.17) is 9.47 Å². The molecule has 4 nitrogen and oxygen atoms in total. The third-order valence-electron chi connectivity index (χ3n) is 4.14. The first-order chi connectivity index (χ1) is 13.0. The molecule has 0 saturated carbocycles. The van der Waals surface area contributed by atoms with Crippen molar-refractivity contribution in [3.63, 3.8) is 0 Å². The van der Waals surface area contributed by atoms with Crippen molar-refractivity contribution in [3.8, 4) is 11.1 Å². The second kappa shape index (κ2) is 10.5. The van der Waals surface area contributed by atoms with Crippen molar-refractivity contribution in [1.82, 2.24) is 0 Å². The Kier molecular flexibility index (Phi) is 7.99. The Morgan fingerprint density at radius 1 is 0.815 bits per heavy atom. The summed E-state index contributed by atoms with van der Waals surface area (Å²) in [5, 5.41) is 0. The predicted molar refractivity (Wildman–Crippen MR) is 102 cm³/mol. The molecule has 0 heterocycles. The summed E-state index contributed by atoms with van der Waals surface area (Å²) in [6, 6.07) is 12.5. The predicted octanol–water partition coefficient (Wildman–Crippen LogP) is 4.48. The van der Waals surface area contributed by atoms with Gasteiger partial charge in [0.15, 0.2) is 0 Å². The van der Waals surface area contributed by atoms with Gasteiger partial charge in [0.25, 0.3) is 0 Å². The van der Waals surface area contributed by atoms with Crippen LogP contribution >= 0.6 is 0 Å². The normalized spacial score (nSPS) is 10.5. The van der Waals surface area contributed by atoms with Crippen LogP contribution in [-0.4, -0.2) is 25.2 Å². The topological polar surface area (TPSA) is 52.6 Å². The summed E-state index contributed by atoms with van der Waals surface area (Å²) >= 11 is 0. The largest absolute Gasteiger partial charge is 0.466 e. The zero-order valence-electron chi connectivity index (χ0n) is 15.8. The highest BCUT2D eigenvalue weighted by Crippen LogP contribution is 2.25. The van der Waals surface area contributed by atoms with Gasteiger partial charge >= 0.3 is 11.9 Å². The van der Waals surface area contributed by atoms with E-state index >= 15 is 0 Å². The number of aryl methyl sites for hydroxylation is 2. The molecule has 2 aromatic carbocycles. The fourth-order valence-corrected chi connectivity index (χ4v) is 2.76. The van der Waals surface area contributed by atoms with Crippen LogP contribution in [-0.2, 0) is 31.9 Å². The van der Waals surface area contributed by atoms with Gasteiger partial charge < -0.3 is 9.47 Å². The average molecular weight is 372 g/mol. The molecule has 0 aliphatic carbocycles. The van der Waals surface area contributed by atoms with Gasteiger partial charge in [-0.25, -0.2) is 4.39 Å². The molecule has 0 fully saturated rings. The number of esters is 2. The van der Waals surface area contributed by atoms with Crippen LogP contribution in [0.4, 0.5) is 4.39 Å². The minimum atomic E-state index is -0.323. The Morgan fingerprint density at radius 2 is 1.33 bits per heavy atom. The smallest absolute Gasteiger partial charge is 0.306 e. The molecule has 0 aromatic heterocycles. The minimum absolute atomic E-state index is 0.217. The van der Waals surface area contributed by atoms with Gasteiger partial charge in [-0.3, -0.25) is 9.59 Å². The number of carbonyl (C=O) groups excluding carboxylic acids is 2. The van der Waals surface area contributed by atoms with Crippen LogP contribution in [0.25, 0.3) is 11.1 Å². The molecule has 2 aromatic rings. The summed E-state index contributed by atoms with van der Waals surface area (Å²) in [6.07, 6.45) is 1.61. The highest BCUT2D eigenvalue weighted by molar-refractivity contribution is 5.70. The van der Waals surface area contributed by atoms with Crippen LogP contribution in [0.5, 0.6) is 0 Å². The molecule has 0 unspecified atom stereocenters. The molecule has 2 rings (SSSR count). The van der Waals surface area contributed by atoms with Crippen LogP contribution in [0.3, 0.4) is 0 Å². The van der Waals surface area contributed by atoms with Crippen LogP contribution in [0.1, 0.15) is 37.8 Å². The second-order valence-electron chi connectivity index (χ2n) is 6.12. The van der Waals surface area contributed by atoms with E-state index in [0.717, 1.165) is 16.7 Å². The molecule has 0 aliphatic rings. The monoisotopic (exact) mass is 372 g/mol. The van der Waals surface area contributed by atoms with E-state index in [1.807, 2.05) is 30.3 Å². The van der Waals surface area contributed by atoms with Crippen molar-refractivity contribution in [1.29, 1.82) is 0 Å². The molecule has 0 radical (unpaired) electrons. The van der Waals surface area contributed by atoms with E-state index in [0.29, 0.717) is 38.0 Å². The molecule has 0 atom stereocenters. The second-order valence-corrected chi connectivity index (χ2v) is 6.12. The first kappa shape index (κ1) is 20.6. The van der Waals surface area contributed by atoms with Crippen molar-refractivity contribution in [2.45, 2.75) is 39.5 Å². The Hall–Kier alpha value is -2.69. The zero-order chi connectivity index (χ0) is 19.6. The van der Waals surface area contributed by atoms with Gasteiger partial charge in [0.2, 0.25) is 0 Å². The lowest BCUT2D eigenvalue weighted by Crippen LogP contribution is -2.05. The van der Waals surface area contributed by atoms with Crippen molar-refractivity contribution in [3.05, 3.63) is 59.4 Å². The summed E-state index contributed by atoms with van der Waals surface area (Å²) < 4.78 is 24.3. The maximum absolute atomic E-state index is 14.5.